The van der Waals surface area contributed by atoms with E-state index in [0.29, 0.717) is 37.0 Å². The van der Waals surface area contributed by atoms with Crippen LogP contribution in [0.4, 0.5) is 0 Å². The van der Waals surface area contributed by atoms with Crippen LogP contribution in [0.3, 0.4) is 0 Å². The highest BCUT2D eigenvalue weighted by molar-refractivity contribution is 5.85. The fourth-order valence-corrected chi connectivity index (χ4v) is 3.03. The number of nitrogens with one attached hydrogen (secondary N) is 1. The lowest BCUT2D eigenvalue weighted by Gasteiger charge is -2.31. The highest BCUT2D eigenvalue weighted by Crippen LogP contribution is 2.28. The number of allylic oxidation sites excluding steroid dienone is 1. The predicted octanol–water partition coefficient (Wildman–Crippen LogP) is 4.38. The maximum absolute atomic E-state index is 13.0. The Bertz CT molecular complexity index is 658. The van der Waals surface area contributed by atoms with E-state index >= 15 is 0 Å². The zero-order valence-corrected chi connectivity index (χ0v) is 16.8. The van der Waals surface area contributed by atoms with E-state index in [2.05, 4.69) is 39.9 Å². The van der Waals surface area contributed by atoms with Crippen molar-refractivity contribution in [2.75, 3.05) is 7.11 Å². The molecule has 1 aliphatic rings. The van der Waals surface area contributed by atoms with Gasteiger partial charge in [0.25, 0.3) is 0 Å². The van der Waals surface area contributed by atoms with E-state index in [4.69, 9.17) is 9.47 Å². The average molecular weight is 360 g/mol. The highest BCUT2D eigenvalue weighted by Gasteiger charge is 2.36. The average Bonchev–Trinajstić information content (AvgIpc) is 2.55. The molecule has 0 aromatic heterocycles. The van der Waals surface area contributed by atoms with Crippen LogP contribution in [-0.2, 0) is 16.1 Å². The molecule has 1 atom stereocenters. The number of hydrogen-bond donors (Lipinski definition) is 1. The predicted molar refractivity (Wildman–Crippen MR) is 104 cm³/mol. The van der Waals surface area contributed by atoms with Crippen molar-refractivity contribution in [1.82, 2.24) is 5.32 Å². The Morgan fingerprint density at radius 1 is 1.19 bits per heavy atom. The molecular formula is C21H32N2O3. The van der Waals surface area contributed by atoms with Crippen molar-refractivity contribution in [3.05, 3.63) is 52.7 Å². The third kappa shape index (κ3) is 5.49. The van der Waals surface area contributed by atoms with Gasteiger partial charge in [-0.25, -0.2) is 0 Å². The van der Waals surface area contributed by atoms with Crippen LogP contribution in [0.5, 0.6) is 0 Å². The van der Waals surface area contributed by atoms with E-state index in [1.54, 1.807) is 7.11 Å². The van der Waals surface area contributed by atoms with Gasteiger partial charge in [-0.2, -0.15) is 0 Å². The quantitative estimate of drug-likeness (QED) is 0.579. The van der Waals surface area contributed by atoms with Gasteiger partial charge >= 0.3 is 5.88 Å². The molecule has 0 amide bonds. The summed E-state index contributed by atoms with van der Waals surface area (Å²) < 4.78 is 12.5. The standard InChI is InChI=1S/C21H32N2O3/c1-15(2)12-18-19(26-14-16-10-8-7-9-11-16)22-17(13-21(3,4)5)20(25-6)23(18)24/h7-11,15,19,22H,12-14H2,1-6H3. The van der Waals surface area contributed by atoms with Gasteiger partial charge in [0.1, 0.15) is 5.70 Å². The molecule has 0 saturated heterocycles. The van der Waals surface area contributed by atoms with Crippen LogP contribution in [-0.4, -0.2) is 23.8 Å². The van der Waals surface area contributed by atoms with E-state index in [1.807, 2.05) is 30.3 Å². The number of hydrogen-bond acceptors (Lipinski definition) is 4. The number of hydroxylamine groups is 1. The maximum atomic E-state index is 13.0. The molecule has 0 saturated carbocycles. The molecule has 0 fully saturated rings. The van der Waals surface area contributed by atoms with Gasteiger partial charge in [-0.15, -0.1) is 4.74 Å². The lowest BCUT2D eigenvalue weighted by molar-refractivity contribution is -0.451. The molecule has 0 spiro atoms. The molecule has 5 nitrogen and oxygen atoms in total. The van der Waals surface area contributed by atoms with Gasteiger partial charge in [0.05, 0.1) is 13.7 Å². The summed E-state index contributed by atoms with van der Waals surface area (Å²) in [7, 11) is 1.54. The van der Waals surface area contributed by atoms with E-state index in [-0.39, 0.29) is 5.41 Å². The van der Waals surface area contributed by atoms with E-state index in [0.717, 1.165) is 16.0 Å². The molecule has 144 valence electrons. The van der Waals surface area contributed by atoms with Gasteiger partial charge in [0.15, 0.2) is 0 Å². The van der Waals surface area contributed by atoms with Gasteiger partial charge in [0, 0.05) is 12.8 Å². The van der Waals surface area contributed by atoms with Crippen molar-refractivity contribution >= 4 is 5.71 Å². The number of ether oxygens (including phenoxy) is 2. The van der Waals surface area contributed by atoms with Crippen LogP contribution in [0.15, 0.2) is 41.9 Å². The molecule has 0 bridgehead atoms. The Labute approximate surface area is 157 Å². The van der Waals surface area contributed by atoms with Gasteiger partial charge in [-0.3, -0.25) is 0 Å². The van der Waals surface area contributed by atoms with Crippen LogP contribution < -0.4 is 5.32 Å². The SMILES string of the molecule is COC1=C(CC(C)(C)C)NC(OCc2ccccc2)C(CC(C)C)=[N+]1[O-]. The topological polar surface area (TPSA) is 56.6 Å². The molecule has 1 heterocycles. The van der Waals surface area contributed by atoms with Crippen LogP contribution in [0, 0.1) is 16.5 Å². The number of methoxy groups -OCH3 is 1. The Hall–Kier alpha value is -2.01. The first-order chi connectivity index (χ1) is 12.2. The van der Waals surface area contributed by atoms with Crippen LogP contribution in [0.2, 0.25) is 0 Å². The van der Waals surface area contributed by atoms with Crippen LogP contribution in [0.25, 0.3) is 0 Å². The van der Waals surface area contributed by atoms with E-state index < -0.39 is 6.23 Å². The largest absolute Gasteiger partial charge is 0.616 e. The lowest BCUT2D eigenvalue weighted by atomic mass is 9.90. The van der Waals surface area contributed by atoms with Crippen molar-refractivity contribution < 1.29 is 14.2 Å². The first-order valence-electron chi connectivity index (χ1n) is 9.23. The molecular weight excluding hydrogens is 328 g/mol. The van der Waals surface area contributed by atoms with Crippen molar-refractivity contribution in [3.63, 3.8) is 0 Å². The fraction of sp³-hybridized carbons (Fsp3) is 0.571. The van der Waals surface area contributed by atoms with Gasteiger partial charge in [-0.05, 0) is 16.9 Å². The summed E-state index contributed by atoms with van der Waals surface area (Å²) in [4.78, 5) is 0. The first kappa shape index (κ1) is 20.3. The second-order valence-electron chi connectivity index (χ2n) is 8.43. The zero-order valence-electron chi connectivity index (χ0n) is 16.8. The van der Waals surface area contributed by atoms with Gasteiger partial charge in [0.2, 0.25) is 11.9 Å². The molecule has 2 rings (SSSR count). The first-order valence-corrected chi connectivity index (χ1v) is 9.23. The summed E-state index contributed by atoms with van der Waals surface area (Å²) in [5.41, 5.74) is 2.55. The Morgan fingerprint density at radius 2 is 1.85 bits per heavy atom. The van der Waals surface area contributed by atoms with Crippen molar-refractivity contribution in [2.45, 2.75) is 60.3 Å². The third-order valence-electron chi connectivity index (χ3n) is 4.09. The molecule has 5 heteroatoms. The third-order valence-corrected chi connectivity index (χ3v) is 4.09. The van der Waals surface area contributed by atoms with Gasteiger partial charge in [-0.1, -0.05) is 65.0 Å². The second-order valence-corrected chi connectivity index (χ2v) is 8.43. The Kier molecular flexibility index (Phi) is 6.70. The number of rotatable bonds is 7. The molecule has 0 radical (unpaired) electrons. The summed E-state index contributed by atoms with van der Waals surface area (Å²) in [6.07, 6.45) is 0.895. The summed E-state index contributed by atoms with van der Waals surface area (Å²) in [6.45, 7) is 11.0. The minimum Gasteiger partial charge on any atom is -0.616 e. The summed E-state index contributed by atoms with van der Waals surface area (Å²) in [5, 5.41) is 16.4. The molecule has 1 aromatic carbocycles. The molecule has 1 aromatic rings. The lowest BCUT2D eigenvalue weighted by Crippen LogP contribution is -2.48. The molecule has 26 heavy (non-hydrogen) atoms. The van der Waals surface area contributed by atoms with Crippen molar-refractivity contribution in [1.29, 1.82) is 0 Å². The summed E-state index contributed by atoms with van der Waals surface area (Å²) in [5.74, 6) is 0.684. The normalized spacial score (nSPS) is 18.3. The minimum absolute atomic E-state index is 0.0203. The summed E-state index contributed by atoms with van der Waals surface area (Å²) in [6, 6.07) is 9.99. The smallest absolute Gasteiger partial charge is 0.398 e. The van der Waals surface area contributed by atoms with Crippen molar-refractivity contribution in [2.24, 2.45) is 11.3 Å². The highest BCUT2D eigenvalue weighted by atomic mass is 16.6. The number of nitrogens with zero attached hydrogens (tertiary/aromatic N) is 1. The minimum atomic E-state index is -0.452. The second kappa shape index (κ2) is 8.58. The van der Waals surface area contributed by atoms with Crippen LogP contribution >= 0.6 is 0 Å². The maximum Gasteiger partial charge on any atom is 0.398 e. The Balaban J connectivity index is 2.29. The monoisotopic (exact) mass is 360 g/mol. The van der Waals surface area contributed by atoms with E-state index in [1.165, 1.54) is 0 Å². The van der Waals surface area contributed by atoms with E-state index in [9.17, 15) is 5.21 Å². The zero-order chi connectivity index (χ0) is 19.3. The van der Waals surface area contributed by atoms with Crippen LogP contribution in [0.1, 0.15) is 53.0 Å². The van der Waals surface area contributed by atoms with Crippen molar-refractivity contribution in [3.8, 4) is 0 Å². The number of benzene rings is 1. The summed E-state index contributed by atoms with van der Waals surface area (Å²) >= 11 is 0. The molecule has 0 aliphatic carbocycles. The Morgan fingerprint density at radius 3 is 2.38 bits per heavy atom. The molecule has 1 unspecified atom stereocenters. The van der Waals surface area contributed by atoms with Gasteiger partial charge < -0.3 is 20.0 Å². The fourth-order valence-electron chi connectivity index (χ4n) is 3.03. The molecule has 1 aliphatic heterocycles. The molecule has 1 N–H and O–H groups in total.